The van der Waals surface area contributed by atoms with Crippen molar-refractivity contribution in [3.05, 3.63) is 64.2 Å². The molecule has 2 aromatic carbocycles. The van der Waals surface area contributed by atoms with Gasteiger partial charge in [0.1, 0.15) is 0 Å². The Bertz CT molecular complexity index is 819. The Labute approximate surface area is 183 Å². The van der Waals surface area contributed by atoms with E-state index in [-0.39, 0.29) is 11.3 Å². The summed E-state index contributed by atoms with van der Waals surface area (Å²) in [6.07, 6.45) is 11.7. The van der Waals surface area contributed by atoms with Gasteiger partial charge in [-0.05, 0) is 62.3 Å². The van der Waals surface area contributed by atoms with Gasteiger partial charge in [0.2, 0.25) is 5.91 Å². The molecule has 1 amide bonds. The van der Waals surface area contributed by atoms with Crippen LogP contribution >= 0.6 is 0 Å². The third-order valence-electron chi connectivity index (χ3n) is 6.83. The van der Waals surface area contributed by atoms with E-state index in [1.54, 1.807) is 0 Å². The third-order valence-corrected chi connectivity index (χ3v) is 6.83. The van der Waals surface area contributed by atoms with E-state index in [4.69, 9.17) is 0 Å². The number of unbranched alkanes of at least 4 members (excludes halogenated alkanes) is 6. The molecular formula is C28H39NO. The van der Waals surface area contributed by atoms with Gasteiger partial charge in [-0.1, -0.05) is 93.8 Å². The molecule has 0 unspecified atom stereocenters. The molecule has 162 valence electrons. The molecule has 0 fully saturated rings. The van der Waals surface area contributed by atoms with E-state index in [2.05, 4.69) is 69.4 Å². The maximum Gasteiger partial charge on any atom is 0.231 e. The van der Waals surface area contributed by atoms with Crippen molar-refractivity contribution in [2.24, 2.45) is 5.41 Å². The molecule has 2 heteroatoms. The molecule has 0 spiro atoms. The van der Waals surface area contributed by atoms with E-state index in [9.17, 15) is 4.79 Å². The van der Waals surface area contributed by atoms with Gasteiger partial charge < -0.3 is 5.32 Å². The minimum absolute atomic E-state index is 0.208. The minimum Gasteiger partial charge on any atom is -0.325 e. The average molecular weight is 406 g/mol. The van der Waals surface area contributed by atoms with Crippen LogP contribution in [0.1, 0.15) is 86.1 Å². The first-order valence-electron chi connectivity index (χ1n) is 11.9. The summed E-state index contributed by atoms with van der Waals surface area (Å²) in [5, 5.41) is 3.35. The highest BCUT2D eigenvalue weighted by atomic mass is 16.2. The van der Waals surface area contributed by atoms with Crippen LogP contribution in [0, 0.1) is 26.2 Å². The van der Waals surface area contributed by atoms with E-state index in [1.165, 1.54) is 55.2 Å². The highest BCUT2D eigenvalue weighted by Crippen LogP contribution is 2.42. The molecule has 1 aliphatic carbocycles. The van der Waals surface area contributed by atoms with E-state index in [0.717, 1.165) is 42.5 Å². The molecule has 0 aromatic heterocycles. The lowest BCUT2D eigenvalue weighted by atomic mass is 9.78. The van der Waals surface area contributed by atoms with Crippen molar-refractivity contribution in [2.75, 3.05) is 5.32 Å². The first kappa shape index (κ1) is 22.6. The highest BCUT2D eigenvalue weighted by molar-refractivity contribution is 5.97. The van der Waals surface area contributed by atoms with Gasteiger partial charge in [0.05, 0.1) is 5.41 Å². The fourth-order valence-corrected chi connectivity index (χ4v) is 5.19. The Kier molecular flexibility index (Phi) is 7.75. The van der Waals surface area contributed by atoms with Crippen molar-refractivity contribution in [3.8, 4) is 0 Å². The Morgan fingerprint density at radius 3 is 1.97 bits per heavy atom. The van der Waals surface area contributed by atoms with Crippen molar-refractivity contribution in [2.45, 2.75) is 91.9 Å². The number of carbonyl (C=O) groups is 1. The van der Waals surface area contributed by atoms with Gasteiger partial charge in [-0.3, -0.25) is 4.79 Å². The second-order valence-electron chi connectivity index (χ2n) is 9.50. The number of rotatable bonds is 10. The van der Waals surface area contributed by atoms with E-state index < -0.39 is 0 Å². The molecule has 0 aliphatic heterocycles. The van der Waals surface area contributed by atoms with Gasteiger partial charge in [0.25, 0.3) is 0 Å². The normalized spacial score (nSPS) is 14.5. The number of anilines is 1. The summed E-state index contributed by atoms with van der Waals surface area (Å²) in [6.45, 7) is 8.57. The lowest BCUT2D eigenvalue weighted by Crippen LogP contribution is -2.37. The van der Waals surface area contributed by atoms with Crippen LogP contribution < -0.4 is 5.32 Å². The molecule has 0 radical (unpaired) electrons. The third kappa shape index (κ3) is 5.33. The smallest absolute Gasteiger partial charge is 0.231 e. The monoisotopic (exact) mass is 405 g/mol. The minimum atomic E-state index is -0.309. The Morgan fingerprint density at radius 2 is 1.40 bits per heavy atom. The topological polar surface area (TPSA) is 29.1 Å². The highest BCUT2D eigenvalue weighted by Gasteiger charge is 2.43. The second kappa shape index (κ2) is 10.3. The molecule has 1 aliphatic rings. The van der Waals surface area contributed by atoms with Crippen LogP contribution in [0.15, 0.2) is 36.4 Å². The van der Waals surface area contributed by atoms with Crippen molar-refractivity contribution in [1.82, 2.24) is 0 Å². The van der Waals surface area contributed by atoms with E-state index >= 15 is 0 Å². The number of fused-ring (bicyclic) bond motifs is 1. The number of amides is 1. The van der Waals surface area contributed by atoms with Gasteiger partial charge >= 0.3 is 0 Å². The van der Waals surface area contributed by atoms with Crippen LogP contribution in [0.5, 0.6) is 0 Å². The first-order valence-corrected chi connectivity index (χ1v) is 11.9. The summed E-state index contributed by atoms with van der Waals surface area (Å²) in [7, 11) is 0. The van der Waals surface area contributed by atoms with Gasteiger partial charge in [-0.25, -0.2) is 0 Å². The van der Waals surface area contributed by atoms with Crippen molar-refractivity contribution < 1.29 is 4.79 Å². The first-order chi connectivity index (χ1) is 14.4. The SMILES string of the molecule is CCCCCCCCCC1(C(=O)Nc2c(C)cc(C)cc2C)Cc2ccccc2C1. The second-order valence-corrected chi connectivity index (χ2v) is 9.50. The van der Waals surface area contributed by atoms with Gasteiger partial charge in [-0.2, -0.15) is 0 Å². The van der Waals surface area contributed by atoms with Crippen molar-refractivity contribution >= 4 is 11.6 Å². The quantitative estimate of drug-likeness (QED) is 0.408. The molecule has 0 heterocycles. The maximum atomic E-state index is 13.7. The number of benzene rings is 2. The van der Waals surface area contributed by atoms with E-state index in [0.29, 0.717) is 0 Å². The maximum absolute atomic E-state index is 13.7. The zero-order valence-electron chi connectivity index (χ0n) is 19.4. The van der Waals surface area contributed by atoms with Gasteiger partial charge in [0.15, 0.2) is 0 Å². The van der Waals surface area contributed by atoms with Crippen LogP contribution in [-0.2, 0) is 17.6 Å². The number of nitrogens with one attached hydrogen (secondary N) is 1. The molecule has 3 rings (SSSR count). The summed E-state index contributed by atoms with van der Waals surface area (Å²) >= 11 is 0. The summed E-state index contributed by atoms with van der Waals surface area (Å²) in [6, 6.07) is 12.9. The fourth-order valence-electron chi connectivity index (χ4n) is 5.19. The molecule has 0 saturated heterocycles. The zero-order chi connectivity index (χ0) is 21.6. The zero-order valence-corrected chi connectivity index (χ0v) is 19.4. The summed E-state index contributed by atoms with van der Waals surface area (Å²) in [5.74, 6) is 0.208. The molecule has 0 saturated carbocycles. The summed E-state index contributed by atoms with van der Waals surface area (Å²) < 4.78 is 0. The number of aryl methyl sites for hydroxylation is 3. The molecule has 2 aromatic rings. The molecular weight excluding hydrogens is 366 g/mol. The number of hydrogen-bond donors (Lipinski definition) is 1. The van der Waals surface area contributed by atoms with Crippen LogP contribution in [0.2, 0.25) is 0 Å². The molecule has 0 atom stereocenters. The van der Waals surface area contributed by atoms with Gasteiger partial charge in [-0.15, -0.1) is 0 Å². The van der Waals surface area contributed by atoms with E-state index in [1.807, 2.05) is 0 Å². The average Bonchev–Trinajstić information content (AvgIpc) is 3.09. The Balaban J connectivity index is 1.71. The number of hydrogen-bond acceptors (Lipinski definition) is 1. The van der Waals surface area contributed by atoms with Crippen LogP contribution in [0.25, 0.3) is 0 Å². The van der Waals surface area contributed by atoms with Crippen molar-refractivity contribution in [1.29, 1.82) is 0 Å². The largest absolute Gasteiger partial charge is 0.325 e. The molecule has 0 bridgehead atoms. The summed E-state index contributed by atoms with van der Waals surface area (Å²) in [4.78, 5) is 13.7. The lowest BCUT2D eigenvalue weighted by molar-refractivity contribution is -0.125. The fraction of sp³-hybridized carbons (Fsp3) is 0.536. The predicted octanol–water partition coefficient (Wildman–Crippen LogP) is 7.48. The molecule has 1 N–H and O–H groups in total. The lowest BCUT2D eigenvalue weighted by Gasteiger charge is -2.29. The Morgan fingerprint density at radius 1 is 0.867 bits per heavy atom. The van der Waals surface area contributed by atoms with Crippen LogP contribution in [0.4, 0.5) is 5.69 Å². The van der Waals surface area contributed by atoms with Crippen molar-refractivity contribution in [3.63, 3.8) is 0 Å². The molecule has 30 heavy (non-hydrogen) atoms. The van der Waals surface area contributed by atoms with Crippen LogP contribution in [-0.4, -0.2) is 5.91 Å². The Hall–Kier alpha value is -2.09. The van der Waals surface area contributed by atoms with Crippen LogP contribution in [0.3, 0.4) is 0 Å². The summed E-state index contributed by atoms with van der Waals surface area (Å²) in [5.41, 5.74) is 6.96. The van der Waals surface area contributed by atoms with Gasteiger partial charge in [0, 0.05) is 5.69 Å². The number of carbonyl (C=O) groups excluding carboxylic acids is 1. The predicted molar refractivity (Wildman–Crippen MR) is 128 cm³/mol. The standard InChI is InChI=1S/C28H39NO/c1-5-6-7-8-9-10-13-16-28(19-24-14-11-12-15-25(24)20-28)27(30)29-26-22(3)17-21(2)18-23(26)4/h11-12,14-15,17-18H,5-10,13,16,19-20H2,1-4H3,(H,29,30). The molecule has 2 nitrogen and oxygen atoms in total.